The zero-order chi connectivity index (χ0) is 10.7. The third kappa shape index (κ3) is 2.24. The van der Waals surface area contributed by atoms with Crippen molar-refractivity contribution in [3.63, 3.8) is 0 Å². The number of nitrogens with zero attached hydrogens (tertiary/aromatic N) is 2. The monoisotopic (exact) mass is 223 g/mol. The van der Waals surface area contributed by atoms with Gasteiger partial charge in [-0.25, -0.2) is 9.97 Å². The lowest BCUT2D eigenvalue weighted by Gasteiger charge is -2.13. The van der Waals surface area contributed by atoms with Crippen LogP contribution in [0.2, 0.25) is 0 Å². The van der Waals surface area contributed by atoms with Gasteiger partial charge in [0, 0.05) is 6.54 Å². The summed E-state index contributed by atoms with van der Waals surface area (Å²) in [5.74, 6) is 0.678. The van der Waals surface area contributed by atoms with Crippen molar-refractivity contribution < 1.29 is 4.74 Å². The highest BCUT2D eigenvalue weighted by atomic mass is 32.1. The lowest BCUT2D eigenvalue weighted by Crippen LogP contribution is -2.26. The van der Waals surface area contributed by atoms with Gasteiger partial charge in [0.25, 0.3) is 0 Å². The fraction of sp³-hybridized carbons (Fsp3) is 0.400. The van der Waals surface area contributed by atoms with Crippen LogP contribution in [0.25, 0.3) is 10.2 Å². The number of hydrogen-bond acceptors (Lipinski definition) is 5. The maximum atomic E-state index is 5.72. The summed E-state index contributed by atoms with van der Waals surface area (Å²) in [6.07, 6.45) is 1.64. The molecular weight excluding hydrogens is 210 g/mol. The van der Waals surface area contributed by atoms with Crippen molar-refractivity contribution in [2.45, 2.75) is 13.0 Å². The molecule has 0 aliphatic rings. The molecule has 0 aliphatic heterocycles. The standard InChI is InChI=1S/C10H13N3OS/c1-7(5-11-2)14-10-9-8(3-4-15-9)12-6-13-10/h3-4,6-7,11H,5H2,1-2H3. The van der Waals surface area contributed by atoms with Gasteiger partial charge in [-0.3, -0.25) is 0 Å². The molecule has 0 aromatic carbocycles. The molecule has 5 heteroatoms. The smallest absolute Gasteiger partial charge is 0.235 e. The first-order valence-corrected chi connectivity index (χ1v) is 5.68. The minimum Gasteiger partial charge on any atom is -0.472 e. The van der Waals surface area contributed by atoms with Gasteiger partial charge in [0.05, 0.1) is 5.52 Å². The van der Waals surface area contributed by atoms with E-state index < -0.39 is 0 Å². The Morgan fingerprint density at radius 2 is 2.40 bits per heavy atom. The minimum atomic E-state index is 0.107. The molecule has 0 fully saturated rings. The molecule has 0 saturated heterocycles. The second kappa shape index (κ2) is 4.55. The van der Waals surface area contributed by atoms with E-state index in [0.717, 1.165) is 16.8 Å². The molecule has 2 heterocycles. The molecule has 0 spiro atoms. The second-order valence-electron chi connectivity index (χ2n) is 3.30. The molecule has 2 aromatic rings. The largest absolute Gasteiger partial charge is 0.472 e. The number of fused-ring (bicyclic) bond motifs is 1. The molecule has 1 N–H and O–H groups in total. The van der Waals surface area contributed by atoms with Crippen LogP contribution in [0.15, 0.2) is 17.8 Å². The van der Waals surface area contributed by atoms with Crippen LogP contribution in [-0.2, 0) is 0 Å². The van der Waals surface area contributed by atoms with E-state index in [0.29, 0.717) is 5.88 Å². The van der Waals surface area contributed by atoms with Gasteiger partial charge < -0.3 is 10.1 Å². The fourth-order valence-corrected chi connectivity index (χ4v) is 2.15. The average Bonchev–Trinajstić information content (AvgIpc) is 2.67. The average molecular weight is 223 g/mol. The third-order valence-electron chi connectivity index (χ3n) is 2.01. The molecule has 1 unspecified atom stereocenters. The molecule has 4 nitrogen and oxygen atoms in total. The summed E-state index contributed by atoms with van der Waals surface area (Å²) in [5.41, 5.74) is 0.946. The van der Waals surface area contributed by atoms with E-state index in [1.807, 2.05) is 25.4 Å². The van der Waals surface area contributed by atoms with E-state index in [9.17, 15) is 0 Å². The highest BCUT2D eigenvalue weighted by Crippen LogP contribution is 2.27. The van der Waals surface area contributed by atoms with Crippen molar-refractivity contribution in [1.82, 2.24) is 15.3 Å². The maximum Gasteiger partial charge on any atom is 0.235 e. The fourth-order valence-electron chi connectivity index (χ4n) is 1.37. The van der Waals surface area contributed by atoms with Gasteiger partial charge in [0.15, 0.2) is 0 Å². The first kappa shape index (κ1) is 10.3. The molecule has 0 aliphatic carbocycles. The predicted molar refractivity (Wildman–Crippen MR) is 61.4 cm³/mol. The van der Waals surface area contributed by atoms with Crippen molar-refractivity contribution in [2.75, 3.05) is 13.6 Å². The van der Waals surface area contributed by atoms with Crippen molar-refractivity contribution in [2.24, 2.45) is 0 Å². The van der Waals surface area contributed by atoms with Gasteiger partial charge in [-0.1, -0.05) is 0 Å². The van der Waals surface area contributed by atoms with E-state index in [4.69, 9.17) is 4.74 Å². The van der Waals surface area contributed by atoms with E-state index in [-0.39, 0.29) is 6.10 Å². The number of likely N-dealkylation sites (N-methyl/N-ethyl adjacent to an activating group) is 1. The topological polar surface area (TPSA) is 47.0 Å². The highest BCUT2D eigenvalue weighted by molar-refractivity contribution is 7.17. The second-order valence-corrected chi connectivity index (χ2v) is 4.22. The Balaban J connectivity index is 2.23. The third-order valence-corrected chi connectivity index (χ3v) is 2.91. The quantitative estimate of drug-likeness (QED) is 0.856. The first-order valence-electron chi connectivity index (χ1n) is 4.80. The lowest BCUT2D eigenvalue weighted by molar-refractivity contribution is 0.215. The van der Waals surface area contributed by atoms with E-state index >= 15 is 0 Å². The lowest BCUT2D eigenvalue weighted by atomic mass is 10.4. The van der Waals surface area contributed by atoms with E-state index in [1.54, 1.807) is 11.3 Å². The molecule has 0 amide bonds. The predicted octanol–water partition coefficient (Wildman–Crippen LogP) is 1.68. The van der Waals surface area contributed by atoms with Crippen molar-refractivity contribution >= 4 is 21.6 Å². The molecule has 0 saturated carbocycles. The van der Waals surface area contributed by atoms with Crippen molar-refractivity contribution in [1.29, 1.82) is 0 Å². The normalized spacial score (nSPS) is 12.9. The van der Waals surface area contributed by atoms with E-state index in [1.165, 1.54) is 6.33 Å². The summed E-state index contributed by atoms with van der Waals surface area (Å²) in [6.45, 7) is 2.81. The first-order chi connectivity index (χ1) is 7.31. The zero-order valence-electron chi connectivity index (χ0n) is 8.73. The van der Waals surface area contributed by atoms with Gasteiger partial charge >= 0.3 is 0 Å². The number of aromatic nitrogens is 2. The van der Waals surface area contributed by atoms with E-state index in [2.05, 4.69) is 15.3 Å². The summed E-state index contributed by atoms with van der Waals surface area (Å²) < 4.78 is 6.74. The molecule has 2 aromatic heterocycles. The van der Waals surface area contributed by atoms with Gasteiger partial charge in [-0.05, 0) is 25.4 Å². The van der Waals surface area contributed by atoms with Crippen LogP contribution in [-0.4, -0.2) is 29.7 Å². The summed E-state index contributed by atoms with van der Waals surface area (Å²) in [4.78, 5) is 8.31. The van der Waals surface area contributed by atoms with Crippen molar-refractivity contribution in [3.05, 3.63) is 17.8 Å². The summed E-state index contributed by atoms with van der Waals surface area (Å²) >= 11 is 1.60. The van der Waals surface area contributed by atoms with Crippen LogP contribution in [0, 0.1) is 0 Å². The van der Waals surface area contributed by atoms with Crippen LogP contribution in [0.1, 0.15) is 6.92 Å². The van der Waals surface area contributed by atoms with Gasteiger partial charge in [-0.15, -0.1) is 11.3 Å². The van der Waals surface area contributed by atoms with Crippen LogP contribution < -0.4 is 10.1 Å². The number of ether oxygens (including phenoxy) is 1. The SMILES string of the molecule is CNCC(C)Oc1ncnc2ccsc12. The highest BCUT2D eigenvalue weighted by Gasteiger charge is 2.09. The Labute approximate surface area is 92.3 Å². The van der Waals surface area contributed by atoms with Crippen LogP contribution >= 0.6 is 11.3 Å². The Hall–Kier alpha value is -1.20. The Kier molecular flexibility index (Phi) is 3.13. The molecule has 0 bridgehead atoms. The van der Waals surface area contributed by atoms with Crippen LogP contribution in [0.3, 0.4) is 0 Å². The molecule has 15 heavy (non-hydrogen) atoms. The van der Waals surface area contributed by atoms with Crippen molar-refractivity contribution in [3.8, 4) is 5.88 Å². The number of thiophene rings is 1. The van der Waals surface area contributed by atoms with Crippen LogP contribution in [0.5, 0.6) is 5.88 Å². The van der Waals surface area contributed by atoms with Gasteiger partial charge in [-0.2, -0.15) is 0 Å². The molecule has 80 valence electrons. The van der Waals surface area contributed by atoms with Gasteiger partial charge in [0.1, 0.15) is 17.1 Å². The molecule has 0 radical (unpaired) electrons. The summed E-state index contributed by atoms with van der Waals surface area (Å²) in [5, 5.41) is 5.06. The number of nitrogens with one attached hydrogen (secondary N) is 1. The minimum absolute atomic E-state index is 0.107. The Morgan fingerprint density at radius 1 is 1.53 bits per heavy atom. The molecule has 1 atom stereocenters. The Bertz CT molecular complexity index is 443. The molecule has 2 rings (SSSR count). The summed E-state index contributed by atoms with van der Waals surface area (Å²) in [6, 6.07) is 1.97. The van der Waals surface area contributed by atoms with Gasteiger partial charge in [0.2, 0.25) is 5.88 Å². The summed E-state index contributed by atoms with van der Waals surface area (Å²) in [7, 11) is 1.90. The Morgan fingerprint density at radius 3 is 3.20 bits per heavy atom. The number of rotatable bonds is 4. The number of hydrogen-bond donors (Lipinski definition) is 1. The molecular formula is C10H13N3OS. The van der Waals surface area contributed by atoms with Crippen LogP contribution in [0.4, 0.5) is 0 Å². The zero-order valence-corrected chi connectivity index (χ0v) is 9.54. The maximum absolute atomic E-state index is 5.72.